The lowest BCUT2D eigenvalue weighted by Crippen LogP contribution is -2.49. The second kappa shape index (κ2) is 8.10. The second-order valence-corrected chi connectivity index (χ2v) is 7.19. The lowest BCUT2D eigenvalue weighted by molar-refractivity contribution is 0.0962. The van der Waals surface area contributed by atoms with Gasteiger partial charge < -0.3 is 4.90 Å². The summed E-state index contributed by atoms with van der Waals surface area (Å²) in [7, 11) is 3.15. The lowest BCUT2D eigenvalue weighted by atomic mass is 10.1. The van der Waals surface area contributed by atoms with E-state index in [2.05, 4.69) is 4.90 Å². The highest BCUT2D eigenvalue weighted by Gasteiger charge is 2.20. The highest BCUT2D eigenvalue weighted by Crippen LogP contribution is 2.14. The van der Waals surface area contributed by atoms with Crippen LogP contribution in [0.4, 0.5) is 5.82 Å². The average Bonchev–Trinajstić information content (AvgIpc) is 2.68. The van der Waals surface area contributed by atoms with Gasteiger partial charge in [0, 0.05) is 69.9 Å². The fourth-order valence-electron chi connectivity index (χ4n) is 3.27. The van der Waals surface area contributed by atoms with Gasteiger partial charge in [0.15, 0.2) is 5.78 Å². The molecule has 0 amide bonds. The number of carbonyl (C=O) groups is 1. The molecule has 1 aliphatic rings. The summed E-state index contributed by atoms with van der Waals surface area (Å²) in [4.78, 5) is 40.6. The SMILES string of the molecule is Cn1c(N2CCN(CCC(=O)c3ccc(Cl)cc3)CC2)cc(=O)n(C)c1=O. The molecule has 1 aromatic carbocycles. The third kappa shape index (κ3) is 4.31. The maximum atomic E-state index is 12.3. The van der Waals surface area contributed by atoms with Crippen molar-refractivity contribution in [1.82, 2.24) is 14.0 Å². The van der Waals surface area contributed by atoms with E-state index < -0.39 is 0 Å². The minimum Gasteiger partial charge on any atom is -0.355 e. The summed E-state index contributed by atoms with van der Waals surface area (Å²) in [5, 5.41) is 0.618. The van der Waals surface area contributed by atoms with Gasteiger partial charge in [0.2, 0.25) is 0 Å². The van der Waals surface area contributed by atoms with Crippen molar-refractivity contribution in [2.75, 3.05) is 37.6 Å². The maximum Gasteiger partial charge on any atom is 0.332 e. The van der Waals surface area contributed by atoms with Crippen molar-refractivity contribution in [3.05, 3.63) is 61.8 Å². The summed E-state index contributed by atoms with van der Waals surface area (Å²) < 4.78 is 2.60. The van der Waals surface area contributed by atoms with E-state index in [1.807, 2.05) is 4.90 Å². The number of piperazine rings is 1. The van der Waals surface area contributed by atoms with E-state index >= 15 is 0 Å². The molecule has 2 heterocycles. The van der Waals surface area contributed by atoms with Crippen LogP contribution in [0.2, 0.25) is 5.02 Å². The third-order valence-electron chi connectivity index (χ3n) is 5.02. The quantitative estimate of drug-likeness (QED) is 0.716. The van der Waals surface area contributed by atoms with Gasteiger partial charge in [-0.05, 0) is 24.3 Å². The molecule has 3 rings (SSSR count). The first-order valence-electron chi connectivity index (χ1n) is 8.90. The van der Waals surface area contributed by atoms with E-state index in [9.17, 15) is 14.4 Å². The molecule has 1 saturated heterocycles. The first kappa shape index (κ1) is 19.4. The van der Waals surface area contributed by atoms with Crippen LogP contribution in [-0.2, 0) is 14.1 Å². The number of benzene rings is 1. The number of nitrogens with zero attached hydrogens (tertiary/aromatic N) is 4. The molecule has 144 valence electrons. The Bertz CT molecular complexity index is 941. The Labute approximate surface area is 162 Å². The van der Waals surface area contributed by atoms with Gasteiger partial charge in [-0.3, -0.25) is 23.6 Å². The summed E-state index contributed by atoms with van der Waals surface area (Å²) >= 11 is 5.85. The molecule has 0 atom stereocenters. The number of hydrogen-bond donors (Lipinski definition) is 0. The number of carbonyl (C=O) groups excluding carboxylic acids is 1. The smallest absolute Gasteiger partial charge is 0.332 e. The molecular formula is C19H23ClN4O3. The highest BCUT2D eigenvalue weighted by molar-refractivity contribution is 6.30. The van der Waals surface area contributed by atoms with Crippen molar-refractivity contribution in [3.8, 4) is 0 Å². The lowest BCUT2D eigenvalue weighted by Gasteiger charge is -2.36. The molecule has 1 fully saturated rings. The third-order valence-corrected chi connectivity index (χ3v) is 5.27. The summed E-state index contributed by atoms with van der Waals surface area (Å²) in [6.07, 6.45) is 0.450. The zero-order valence-electron chi connectivity index (χ0n) is 15.5. The molecule has 0 spiro atoms. The highest BCUT2D eigenvalue weighted by atomic mass is 35.5. The van der Waals surface area contributed by atoms with E-state index in [1.54, 1.807) is 31.3 Å². The van der Waals surface area contributed by atoms with Gasteiger partial charge in [-0.25, -0.2) is 4.79 Å². The van der Waals surface area contributed by atoms with E-state index in [1.165, 1.54) is 17.7 Å². The van der Waals surface area contributed by atoms with Crippen LogP contribution in [0, 0.1) is 0 Å². The van der Waals surface area contributed by atoms with Gasteiger partial charge in [-0.2, -0.15) is 0 Å². The summed E-state index contributed by atoms with van der Waals surface area (Å²) in [5.41, 5.74) is 0.0470. The number of rotatable bonds is 5. The monoisotopic (exact) mass is 390 g/mol. The topological polar surface area (TPSA) is 67.5 Å². The van der Waals surface area contributed by atoms with Crippen molar-refractivity contribution in [1.29, 1.82) is 0 Å². The predicted molar refractivity (Wildman–Crippen MR) is 106 cm³/mol. The van der Waals surface area contributed by atoms with Crippen LogP contribution >= 0.6 is 11.6 Å². The van der Waals surface area contributed by atoms with Crippen molar-refractivity contribution in [2.24, 2.45) is 14.1 Å². The average molecular weight is 391 g/mol. The molecule has 2 aromatic rings. The maximum absolute atomic E-state index is 12.3. The molecule has 0 bridgehead atoms. The predicted octanol–water partition coefficient (Wildman–Crippen LogP) is 1.13. The zero-order chi connectivity index (χ0) is 19.6. The molecule has 0 N–H and O–H groups in total. The molecule has 0 aliphatic carbocycles. The van der Waals surface area contributed by atoms with Crippen LogP contribution < -0.4 is 16.1 Å². The standard InChI is InChI=1S/C19H23ClN4O3/c1-21-17(13-18(26)22(2)19(21)27)24-11-9-23(10-12-24)8-7-16(25)14-3-5-15(20)6-4-14/h3-6,13H,7-12H2,1-2H3. The fraction of sp³-hybridized carbons (Fsp3) is 0.421. The van der Waals surface area contributed by atoms with Crippen LogP contribution in [0.3, 0.4) is 0 Å². The number of halogens is 1. The molecule has 0 radical (unpaired) electrons. The Morgan fingerprint density at radius 3 is 2.26 bits per heavy atom. The number of anilines is 1. The van der Waals surface area contributed by atoms with E-state index in [0.29, 0.717) is 42.5 Å². The Morgan fingerprint density at radius 2 is 1.63 bits per heavy atom. The first-order chi connectivity index (χ1) is 12.9. The minimum absolute atomic E-state index is 0.100. The van der Waals surface area contributed by atoms with E-state index in [4.69, 9.17) is 11.6 Å². The van der Waals surface area contributed by atoms with Gasteiger partial charge in [-0.15, -0.1) is 0 Å². The van der Waals surface area contributed by atoms with Gasteiger partial charge in [-0.1, -0.05) is 11.6 Å². The number of Topliss-reactive ketones (excluding diaryl/α,β-unsaturated/α-hetero) is 1. The Kier molecular flexibility index (Phi) is 5.82. The van der Waals surface area contributed by atoms with Crippen molar-refractivity contribution in [2.45, 2.75) is 6.42 Å². The molecule has 8 heteroatoms. The molecule has 1 aromatic heterocycles. The van der Waals surface area contributed by atoms with Crippen LogP contribution in [0.5, 0.6) is 0 Å². The fourth-order valence-corrected chi connectivity index (χ4v) is 3.39. The summed E-state index contributed by atoms with van der Waals surface area (Å²) in [6.45, 7) is 3.64. The zero-order valence-corrected chi connectivity index (χ0v) is 16.3. The Balaban J connectivity index is 1.56. The van der Waals surface area contributed by atoms with Crippen LogP contribution in [0.25, 0.3) is 0 Å². The van der Waals surface area contributed by atoms with Crippen LogP contribution in [-0.4, -0.2) is 52.5 Å². The summed E-state index contributed by atoms with van der Waals surface area (Å²) in [5.74, 6) is 0.739. The normalized spacial score (nSPS) is 15.1. The molecule has 7 nitrogen and oxygen atoms in total. The molecular weight excluding hydrogens is 368 g/mol. The molecule has 27 heavy (non-hydrogen) atoms. The summed E-state index contributed by atoms with van der Waals surface area (Å²) in [6, 6.07) is 8.45. The first-order valence-corrected chi connectivity index (χ1v) is 9.28. The molecule has 0 unspecified atom stereocenters. The van der Waals surface area contributed by atoms with Crippen molar-refractivity contribution < 1.29 is 4.79 Å². The van der Waals surface area contributed by atoms with E-state index in [0.717, 1.165) is 17.7 Å². The number of aromatic nitrogens is 2. The van der Waals surface area contributed by atoms with Gasteiger partial charge >= 0.3 is 5.69 Å². The molecule has 1 aliphatic heterocycles. The number of hydrogen-bond acceptors (Lipinski definition) is 5. The van der Waals surface area contributed by atoms with Gasteiger partial charge in [0.05, 0.1) is 0 Å². The van der Waals surface area contributed by atoms with Gasteiger partial charge in [0.1, 0.15) is 5.82 Å². The molecule has 0 saturated carbocycles. The minimum atomic E-state index is -0.325. The Morgan fingerprint density at radius 1 is 1.00 bits per heavy atom. The largest absolute Gasteiger partial charge is 0.355 e. The number of ketones is 1. The van der Waals surface area contributed by atoms with Crippen LogP contribution in [0.15, 0.2) is 39.9 Å². The van der Waals surface area contributed by atoms with Crippen LogP contribution in [0.1, 0.15) is 16.8 Å². The van der Waals surface area contributed by atoms with Crippen molar-refractivity contribution in [3.63, 3.8) is 0 Å². The second-order valence-electron chi connectivity index (χ2n) is 6.75. The van der Waals surface area contributed by atoms with E-state index in [-0.39, 0.29) is 17.0 Å². The van der Waals surface area contributed by atoms with Gasteiger partial charge in [0.25, 0.3) is 5.56 Å². The Hall–Kier alpha value is -2.38. The van der Waals surface area contributed by atoms with Crippen molar-refractivity contribution >= 4 is 23.2 Å².